The molecule has 5 rings (SSSR count). The van der Waals surface area contributed by atoms with Gasteiger partial charge < -0.3 is 19.3 Å². The van der Waals surface area contributed by atoms with Gasteiger partial charge in [-0.25, -0.2) is 14.6 Å². The van der Waals surface area contributed by atoms with Crippen molar-refractivity contribution in [3.05, 3.63) is 48.4 Å². The first-order valence-corrected chi connectivity index (χ1v) is 11.7. The van der Waals surface area contributed by atoms with Gasteiger partial charge in [-0.1, -0.05) is 5.21 Å². The Bertz CT molecular complexity index is 1520. The van der Waals surface area contributed by atoms with Crippen molar-refractivity contribution in [2.45, 2.75) is 12.1 Å². The molecular formula is C22H20N8O3S. The van der Waals surface area contributed by atoms with E-state index < -0.39 is 11.2 Å². The minimum absolute atomic E-state index is 0.223. The van der Waals surface area contributed by atoms with E-state index in [1.54, 1.807) is 17.9 Å². The van der Waals surface area contributed by atoms with E-state index in [4.69, 9.17) is 9.47 Å². The van der Waals surface area contributed by atoms with E-state index in [2.05, 4.69) is 35.6 Å². The first kappa shape index (κ1) is 21.8. The zero-order valence-corrected chi connectivity index (χ0v) is 19.6. The molecule has 0 saturated heterocycles. The topological polar surface area (TPSA) is 136 Å². The van der Waals surface area contributed by atoms with Crippen molar-refractivity contribution in [1.82, 2.24) is 34.9 Å². The van der Waals surface area contributed by atoms with E-state index in [1.807, 2.05) is 38.2 Å². The second kappa shape index (κ2) is 8.72. The number of rotatable bonds is 6. The molecule has 0 aliphatic heterocycles. The number of hydrogen-bond acceptors (Lipinski definition) is 10. The standard InChI is InChI=1S/C22H20N8O3S/c1-12-7-13(26-21-19-16(24-11-25-21)10-23-22(27-19)34(4)31)5-6-17(12)33-14-8-15-20(18(9-14)32-3)30(2)29-28-15/h5-11H,1-4H3,(H,24,25,26). The Morgan fingerprint density at radius 1 is 1.06 bits per heavy atom. The van der Waals surface area contributed by atoms with Gasteiger partial charge >= 0.3 is 5.16 Å². The molecule has 0 fully saturated rings. The molecule has 12 heteroatoms. The van der Waals surface area contributed by atoms with Gasteiger partial charge in [-0.05, 0) is 30.7 Å². The van der Waals surface area contributed by atoms with Crippen molar-refractivity contribution >= 4 is 44.7 Å². The van der Waals surface area contributed by atoms with Gasteiger partial charge in [0.05, 0.1) is 13.3 Å². The number of hydrogen-bond donors (Lipinski definition) is 1. The zero-order valence-electron chi connectivity index (χ0n) is 18.8. The average molecular weight is 477 g/mol. The fraction of sp³-hybridized carbons (Fsp3) is 0.182. The van der Waals surface area contributed by atoms with Crippen LogP contribution in [0, 0.1) is 6.92 Å². The van der Waals surface area contributed by atoms with E-state index in [0.29, 0.717) is 39.6 Å². The van der Waals surface area contributed by atoms with Crippen LogP contribution in [0.15, 0.2) is 48.0 Å². The third kappa shape index (κ3) is 4.04. The van der Waals surface area contributed by atoms with Gasteiger partial charge in [0.15, 0.2) is 5.82 Å². The predicted octanol–water partition coefficient (Wildman–Crippen LogP) is 3.29. The molecule has 34 heavy (non-hydrogen) atoms. The third-order valence-electron chi connectivity index (χ3n) is 5.14. The maximum atomic E-state index is 11.8. The lowest BCUT2D eigenvalue weighted by Crippen LogP contribution is -2.06. The van der Waals surface area contributed by atoms with Crippen LogP contribution in [0.2, 0.25) is 0 Å². The summed E-state index contributed by atoms with van der Waals surface area (Å²) in [6, 6.07) is 9.28. The molecule has 0 amide bonds. The van der Waals surface area contributed by atoms with Crippen molar-refractivity contribution in [2.75, 3.05) is 18.7 Å². The van der Waals surface area contributed by atoms with E-state index in [0.717, 1.165) is 16.8 Å². The van der Waals surface area contributed by atoms with Crippen LogP contribution in [0.3, 0.4) is 0 Å². The van der Waals surface area contributed by atoms with Crippen LogP contribution in [-0.4, -0.2) is 52.8 Å². The smallest absolute Gasteiger partial charge is 0.343 e. The molecule has 0 saturated carbocycles. The van der Waals surface area contributed by atoms with Crippen LogP contribution >= 0.6 is 0 Å². The summed E-state index contributed by atoms with van der Waals surface area (Å²) in [5, 5.41) is 11.7. The molecule has 0 radical (unpaired) electrons. The number of fused-ring (bicyclic) bond motifs is 2. The maximum absolute atomic E-state index is 11.8. The normalized spacial score (nSPS) is 12.1. The molecule has 0 bridgehead atoms. The highest BCUT2D eigenvalue weighted by molar-refractivity contribution is 7.90. The minimum atomic E-state index is -1.32. The second-order valence-corrected chi connectivity index (χ2v) is 8.75. The summed E-state index contributed by atoms with van der Waals surface area (Å²) in [5.74, 6) is 2.38. The van der Waals surface area contributed by atoms with Crippen LogP contribution in [0.1, 0.15) is 5.56 Å². The maximum Gasteiger partial charge on any atom is 0.343 e. The van der Waals surface area contributed by atoms with Crippen LogP contribution in [-0.2, 0) is 18.2 Å². The van der Waals surface area contributed by atoms with Gasteiger partial charge in [0.25, 0.3) is 0 Å². The quantitative estimate of drug-likeness (QED) is 0.287. The van der Waals surface area contributed by atoms with Crippen molar-refractivity contribution in [1.29, 1.82) is 0 Å². The molecule has 1 unspecified atom stereocenters. The third-order valence-corrected chi connectivity index (χ3v) is 5.85. The van der Waals surface area contributed by atoms with Crippen molar-refractivity contribution < 1.29 is 14.0 Å². The van der Waals surface area contributed by atoms with E-state index >= 15 is 0 Å². The first-order valence-electron chi connectivity index (χ1n) is 10.2. The molecule has 0 aliphatic rings. The fourth-order valence-corrected chi connectivity index (χ4v) is 3.94. The highest BCUT2D eigenvalue weighted by Gasteiger charge is 2.15. The monoisotopic (exact) mass is 476 g/mol. The number of methoxy groups -OCH3 is 1. The largest absolute Gasteiger partial charge is 0.609 e. The number of benzene rings is 2. The Kier molecular flexibility index (Phi) is 5.59. The SMILES string of the molecule is COc1cc(Oc2ccc(Nc3ncnc4cnc([S+](C)[O-])nc34)cc2C)cc2nnn(C)c12. The molecule has 2 aromatic carbocycles. The number of ether oxygens (including phenoxy) is 2. The predicted molar refractivity (Wildman–Crippen MR) is 127 cm³/mol. The number of nitrogens with one attached hydrogen (secondary N) is 1. The molecule has 172 valence electrons. The summed E-state index contributed by atoms with van der Waals surface area (Å²) in [4.78, 5) is 16.9. The summed E-state index contributed by atoms with van der Waals surface area (Å²) < 4.78 is 25.1. The summed E-state index contributed by atoms with van der Waals surface area (Å²) in [6.07, 6.45) is 4.49. The van der Waals surface area contributed by atoms with Gasteiger partial charge in [-0.2, -0.15) is 9.97 Å². The van der Waals surface area contributed by atoms with E-state index in [-0.39, 0.29) is 5.16 Å². The molecule has 3 heterocycles. The molecule has 1 atom stereocenters. The van der Waals surface area contributed by atoms with Crippen LogP contribution in [0.4, 0.5) is 11.5 Å². The molecule has 0 spiro atoms. The number of nitrogens with zero attached hydrogens (tertiary/aromatic N) is 7. The highest BCUT2D eigenvalue weighted by Crippen LogP contribution is 2.34. The van der Waals surface area contributed by atoms with Gasteiger partial charge in [0, 0.05) is 36.0 Å². The Balaban J connectivity index is 1.43. The zero-order chi connectivity index (χ0) is 23.8. The van der Waals surface area contributed by atoms with Crippen molar-refractivity contribution in [3.8, 4) is 17.2 Å². The van der Waals surface area contributed by atoms with Gasteiger partial charge in [0.2, 0.25) is 0 Å². The van der Waals surface area contributed by atoms with Crippen molar-refractivity contribution in [2.24, 2.45) is 7.05 Å². The van der Waals surface area contributed by atoms with Crippen molar-refractivity contribution in [3.63, 3.8) is 0 Å². The summed E-state index contributed by atoms with van der Waals surface area (Å²) in [6.45, 7) is 1.94. The second-order valence-electron chi connectivity index (χ2n) is 7.48. The van der Waals surface area contributed by atoms with Gasteiger partial charge in [-0.15, -0.1) is 5.10 Å². The van der Waals surface area contributed by atoms with Crippen LogP contribution in [0.25, 0.3) is 22.1 Å². The molecule has 0 aliphatic carbocycles. The minimum Gasteiger partial charge on any atom is -0.609 e. The average Bonchev–Trinajstić information content (AvgIpc) is 3.21. The Morgan fingerprint density at radius 3 is 2.68 bits per heavy atom. The lowest BCUT2D eigenvalue weighted by atomic mass is 10.2. The lowest BCUT2D eigenvalue weighted by molar-refractivity contribution is 0.411. The molecule has 1 N–H and O–H groups in total. The first-order chi connectivity index (χ1) is 16.4. The van der Waals surface area contributed by atoms with Crippen LogP contribution < -0.4 is 14.8 Å². The number of anilines is 2. The van der Waals surface area contributed by atoms with E-state index in [1.165, 1.54) is 18.8 Å². The summed E-state index contributed by atoms with van der Waals surface area (Å²) in [7, 11) is 3.41. The Hall–Kier alpha value is -4.03. The molecule has 11 nitrogen and oxygen atoms in total. The Morgan fingerprint density at radius 2 is 1.91 bits per heavy atom. The lowest BCUT2D eigenvalue weighted by Gasteiger charge is -2.13. The fourth-order valence-electron chi connectivity index (χ4n) is 3.52. The van der Waals surface area contributed by atoms with Gasteiger partial charge in [0.1, 0.15) is 51.9 Å². The molecule has 3 aromatic heterocycles. The number of aryl methyl sites for hydroxylation is 2. The number of aromatic nitrogens is 7. The molecule has 5 aromatic rings. The Labute approximate surface area is 197 Å². The van der Waals surface area contributed by atoms with Gasteiger partial charge in [-0.3, -0.25) is 0 Å². The highest BCUT2D eigenvalue weighted by atomic mass is 32.2. The summed E-state index contributed by atoms with van der Waals surface area (Å²) >= 11 is -1.32. The summed E-state index contributed by atoms with van der Waals surface area (Å²) in [5.41, 5.74) is 4.19. The molecular weight excluding hydrogens is 456 g/mol. The van der Waals surface area contributed by atoms with Crippen LogP contribution in [0.5, 0.6) is 17.2 Å². The van der Waals surface area contributed by atoms with E-state index in [9.17, 15) is 4.55 Å².